The van der Waals surface area contributed by atoms with Gasteiger partial charge in [-0.25, -0.2) is 4.98 Å². The van der Waals surface area contributed by atoms with Gasteiger partial charge in [-0.05, 0) is 24.5 Å². The molecule has 0 aliphatic heterocycles. The highest BCUT2D eigenvalue weighted by Gasteiger charge is 2.12. The van der Waals surface area contributed by atoms with Crippen molar-refractivity contribution in [2.24, 2.45) is 5.41 Å². The summed E-state index contributed by atoms with van der Waals surface area (Å²) in [5.41, 5.74) is 2.32. The second kappa shape index (κ2) is 6.12. The molecule has 112 valence electrons. The molecular formula is C17H24N4. The lowest BCUT2D eigenvalue weighted by Gasteiger charge is -2.19. The molecule has 0 aliphatic carbocycles. The van der Waals surface area contributed by atoms with Crippen molar-refractivity contribution in [2.45, 2.75) is 27.7 Å². The van der Waals surface area contributed by atoms with Gasteiger partial charge in [0.25, 0.3) is 0 Å². The summed E-state index contributed by atoms with van der Waals surface area (Å²) in [5, 5.41) is 7.65. The standard InChI is InChI=1S/C17H24N4/c1-6-9-18-15-13-10-12(2)7-8-14(13)20-16(21-15)19-11-17(3,4)5/h6-8,10H,1,9,11H2,2-5H3,(H2,18,19,20,21). The summed E-state index contributed by atoms with van der Waals surface area (Å²) in [6.45, 7) is 13.9. The zero-order valence-electron chi connectivity index (χ0n) is 13.3. The summed E-state index contributed by atoms with van der Waals surface area (Å²) in [6.07, 6.45) is 1.83. The van der Waals surface area contributed by atoms with Gasteiger partial charge in [-0.1, -0.05) is 38.5 Å². The molecule has 1 heterocycles. The summed E-state index contributed by atoms with van der Waals surface area (Å²) in [6, 6.07) is 6.21. The van der Waals surface area contributed by atoms with Crippen LogP contribution in [-0.2, 0) is 0 Å². The lowest BCUT2D eigenvalue weighted by atomic mass is 9.97. The maximum Gasteiger partial charge on any atom is 0.225 e. The zero-order chi connectivity index (χ0) is 15.5. The lowest BCUT2D eigenvalue weighted by Crippen LogP contribution is -2.20. The number of aryl methyl sites for hydroxylation is 1. The second-order valence-corrected chi connectivity index (χ2v) is 6.50. The van der Waals surface area contributed by atoms with Crippen LogP contribution in [0.3, 0.4) is 0 Å². The first kappa shape index (κ1) is 15.3. The third-order valence-electron chi connectivity index (χ3n) is 3.04. The van der Waals surface area contributed by atoms with E-state index < -0.39 is 0 Å². The van der Waals surface area contributed by atoms with Gasteiger partial charge in [0.15, 0.2) is 0 Å². The van der Waals surface area contributed by atoms with Crippen molar-refractivity contribution in [1.29, 1.82) is 0 Å². The molecule has 0 aliphatic rings. The van der Waals surface area contributed by atoms with Gasteiger partial charge in [-0.15, -0.1) is 6.58 Å². The van der Waals surface area contributed by atoms with E-state index in [1.165, 1.54) is 5.56 Å². The van der Waals surface area contributed by atoms with Crippen LogP contribution in [0.4, 0.5) is 11.8 Å². The monoisotopic (exact) mass is 284 g/mol. The molecule has 0 spiro atoms. The van der Waals surface area contributed by atoms with Crippen molar-refractivity contribution in [3.63, 3.8) is 0 Å². The molecule has 0 saturated heterocycles. The zero-order valence-corrected chi connectivity index (χ0v) is 13.3. The first-order valence-corrected chi connectivity index (χ1v) is 7.26. The van der Waals surface area contributed by atoms with Gasteiger partial charge >= 0.3 is 0 Å². The van der Waals surface area contributed by atoms with E-state index in [0.29, 0.717) is 12.5 Å². The molecule has 0 amide bonds. The SMILES string of the molecule is C=CCNc1nc(NCC(C)(C)C)nc2ccc(C)cc12. The van der Waals surface area contributed by atoms with Crippen LogP contribution >= 0.6 is 0 Å². The van der Waals surface area contributed by atoms with Crippen molar-refractivity contribution in [3.05, 3.63) is 36.4 Å². The van der Waals surface area contributed by atoms with E-state index >= 15 is 0 Å². The summed E-state index contributed by atoms with van der Waals surface area (Å²) < 4.78 is 0. The number of hydrogen-bond acceptors (Lipinski definition) is 4. The summed E-state index contributed by atoms with van der Waals surface area (Å²) in [4.78, 5) is 9.20. The van der Waals surface area contributed by atoms with E-state index in [-0.39, 0.29) is 5.41 Å². The summed E-state index contributed by atoms with van der Waals surface area (Å²) in [5.74, 6) is 1.51. The van der Waals surface area contributed by atoms with Gasteiger partial charge in [0.05, 0.1) is 5.52 Å². The molecule has 4 nitrogen and oxygen atoms in total. The van der Waals surface area contributed by atoms with E-state index in [1.54, 1.807) is 0 Å². The Labute approximate surface area is 126 Å². The Morgan fingerprint density at radius 2 is 1.95 bits per heavy atom. The topological polar surface area (TPSA) is 49.8 Å². The van der Waals surface area contributed by atoms with Crippen molar-refractivity contribution in [3.8, 4) is 0 Å². The Morgan fingerprint density at radius 1 is 1.19 bits per heavy atom. The van der Waals surface area contributed by atoms with E-state index in [1.807, 2.05) is 12.1 Å². The van der Waals surface area contributed by atoms with Crippen molar-refractivity contribution in [1.82, 2.24) is 9.97 Å². The van der Waals surface area contributed by atoms with Crippen LogP contribution in [0.25, 0.3) is 10.9 Å². The summed E-state index contributed by atoms with van der Waals surface area (Å²) >= 11 is 0. The Bertz CT molecular complexity index is 641. The number of hydrogen-bond donors (Lipinski definition) is 2. The number of nitrogens with zero attached hydrogens (tertiary/aromatic N) is 2. The average Bonchev–Trinajstić information content (AvgIpc) is 2.42. The molecule has 2 aromatic rings. The lowest BCUT2D eigenvalue weighted by molar-refractivity contribution is 0.442. The number of anilines is 2. The van der Waals surface area contributed by atoms with Gasteiger partial charge < -0.3 is 10.6 Å². The van der Waals surface area contributed by atoms with Gasteiger partial charge in [0, 0.05) is 18.5 Å². The molecule has 2 rings (SSSR count). The maximum absolute atomic E-state index is 4.60. The Morgan fingerprint density at radius 3 is 2.62 bits per heavy atom. The maximum atomic E-state index is 4.60. The van der Waals surface area contributed by atoms with Crippen LogP contribution < -0.4 is 10.6 Å². The Kier molecular flexibility index (Phi) is 4.46. The molecule has 1 aromatic heterocycles. The smallest absolute Gasteiger partial charge is 0.225 e. The van der Waals surface area contributed by atoms with Gasteiger partial charge in [-0.2, -0.15) is 4.98 Å². The third-order valence-corrected chi connectivity index (χ3v) is 3.04. The fraction of sp³-hybridized carbons (Fsp3) is 0.412. The minimum atomic E-state index is 0.181. The van der Waals surface area contributed by atoms with Crippen LogP contribution in [0.1, 0.15) is 26.3 Å². The van der Waals surface area contributed by atoms with E-state index in [0.717, 1.165) is 23.3 Å². The van der Waals surface area contributed by atoms with Crippen LogP contribution in [0.15, 0.2) is 30.9 Å². The van der Waals surface area contributed by atoms with E-state index in [4.69, 9.17) is 0 Å². The minimum Gasteiger partial charge on any atom is -0.366 e. The van der Waals surface area contributed by atoms with Crippen molar-refractivity contribution >= 4 is 22.7 Å². The quantitative estimate of drug-likeness (QED) is 0.815. The fourth-order valence-corrected chi connectivity index (χ4v) is 1.97. The molecule has 2 N–H and O–H groups in total. The predicted molar refractivity (Wildman–Crippen MR) is 90.9 cm³/mol. The van der Waals surface area contributed by atoms with Crippen LogP contribution in [-0.4, -0.2) is 23.1 Å². The van der Waals surface area contributed by atoms with E-state index in [2.05, 4.69) is 67.0 Å². The molecule has 0 unspecified atom stereocenters. The fourth-order valence-electron chi connectivity index (χ4n) is 1.97. The minimum absolute atomic E-state index is 0.181. The number of benzene rings is 1. The van der Waals surface area contributed by atoms with Gasteiger partial charge in [0.1, 0.15) is 5.82 Å². The second-order valence-electron chi connectivity index (χ2n) is 6.50. The average molecular weight is 284 g/mol. The largest absolute Gasteiger partial charge is 0.366 e. The highest BCUT2D eigenvalue weighted by atomic mass is 15.1. The first-order valence-electron chi connectivity index (χ1n) is 7.26. The first-order chi connectivity index (χ1) is 9.89. The molecule has 0 saturated carbocycles. The van der Waals surface area contributed by atoms with Crippen LogP contribution in [0.2, 0.25) is 0 Å². The molecule has 0 bridgehead atoms. The van der Waals surface area contributed by atoms with Crippen molar-refractivity contribution < 1.29 is 0 Å². The van der Waals surface area contributed by atoms with Crippen LogP contribution in [0.5, 0.6) is 0 Å². The third kappa shape index (κ3) is 4.18. The summed E-state index contributed by atoms with van der Waals surface area (Å²) in [7, 11) is 0. The number of aromatic nitrogens is 2. The number of fused-ring (bicyclic) bond motifs is 1. The Balaban J connectivity index is 2.39. The highest BCUT2D eigenvalue weighted by Crippen LogP contribution is 2.24. The normalized spacial score (nSPS) is 11.4. The van der Waals surface area contributed by atoms with Crippen molar-refractivity contribution in [2.75, 3.05) is 23.7 Å². The molecule has 0 radical (unpaired) electrons. The predicted octanol–water partition coefficient (Wildman–Crippen LogP) is 3.99. The number of nitrogens with one attached hydrogen (secondary N) is 2. The molecule has 0 atom stereocenters. The molecule has 21 heavy (non-hydrogen) atoms. The molecular weight excluding hydrogens is 260 g/mol. The molecule has 1 aromatic carbocycles. The van der Waals surface area contributed by atoms with Crippen LogP contribution in [0, 0.1) is 12.3 Å². The Hall–Kier alpha value is -2.10. The van der Waals surface area contributed by atoms with Gasteiger partial charge in [0.2, 0.25) is 5.95 Å². The molecule has 4 heteroatoms. The van der Waals surface area contributed by atoms with E-state index in [9.17, 15) is 0 Å². The number of rotatable bonds is 5. The molecule has 0 fully saturated rings. The van der Waals surface area contributed by atoms with Gasteiger partial charge in [-0.3, -0.25) is 0 Å². The highest BCUT2D eigenvalue weighted by molar-refractivity contribution is 5.90.